The highest BCUT2D eigenvalue weighted by Crippen LogP contribution is 2.14. The summed E-state index contributed by atoms with van der Waals surface area (Å²) in [5.74, 6) is 0. The molecule has 2 aromatic carbocycles. The predicted molar refractivity (Wildman–Crippen MR) is 93.2 cm³/mol. The summed E-state index contributed by atoms with van der Waals surface area (Å²) in [5, 5.41) is 0. The Balaban J connectivity index is 1.89. The van der Waals surface area contributed by atoms with Gasteiger partial charge in [0.15, 0.2) is 0 Å². The second-order valence-electron chi connectivity index (χ2n) is 5.46. The Morgan fingerprint density at radius 3 is 2.29 bits per heavy atom. The van der Waals surface area contributed by atoms with Gasteiger partial charge in [-0.3, -0.25) is 4.90 Å². The standard InChI is InChI=1S/C18H23BrN2/c1-21(14-16-7-10-17(19)11-8-16)18(13-20)12-9-15-5-3-2-4-6-15/h2-8,10-11,18H,9,12-14,20H2,1H3. The minimum Gasteiger partial charge on any atom is -0.329 e. The summed E-state index contributed by atoms with van der Waals surface area (Å²) < 4.78 is 1.12. The molecule has 2 aromatic rings. The maximum atomic E-state index is 5.97. The van der Waals surface area contributed by atoms with Crippen LogP contribution in [0.1, 0.15) is 17.5 Å². The molecule has 1 atom stereocenters. The molecule has 0 saturated heterocycles. The van der Waals surface area contributed by atoms with Gasteiger partial charge in [0.05, 0.1) is 0 Å². The number of rotatable bonds is 7. The SMILES string of the molecule is CN(Cc1ccc(Br)cc1)C(CN)CCc1ccccc1. The Kier molecular flexibility index (Phi) is 6.43. The van der Waals surface area contributed by atoms with Crippen LogP contribution in [0, 0.1) is 0 Å². The molecule has 0 saturated carbocycles. The van der Waals surface area contributed by atoms with Crippen LogP contribution in [0.3, 0.4) is 0 Å². The average Bonchev–Trinajstić information content (AvgIpc) is 2.51. The second kappa shape index (κ2) is 8.32. The zero-order valence-electron chi connectivity index (χ0n) is 12.5. The highest BCUT2D eigenvalue weighted by Gasteiger charge is 2.13. The first-order chi connectivity index (χ1) is 10.2. The van der Waals surface area contributed by atoms with E-state index in [4.69, 9.17) is 5.73 Å². The Labute approximate surface area is 136 Å². The maximum Gasteiger partial charge on any atom is 0.0234 e. The molecule has 0 radical (unpaired) electrons. The number of aryl methyl sites for hydroxylation is 1. The summed E-state index contributed by atoms with van der Waals surface area (Å²) in [6.07, 6.45) is 2.17. The van der Waals surface area contributed by atoms with Crippen LogP contribution < -0.4 is 5.73 Å². The summed E-state index contributed by atoms with van der Waals surface area (Å²) in [5.41, 5.74) is 8.67. The van der Waals surface area contributed by atoms with Crippen LogP contribution in [0.15, 0.2) is 59.1 Å². The number of benzene rings is 2. The Hall–Kier alpha value is -1.16. The van der Waals surface area contributed by atoms with Gasteiger partial charge in [0, 0.05) is 23.6 Å². The van der Waals surface area contributed by atoms with Crippen molar-refractivity contribution in [1.82, 2.24) is 4.90 Å². The van der Waals surface area contributed by atoms with Gasteiger partial charge in [-0.25, -0.2) is 0 Å². The van der Waals surface area contributed by atoms with E-state index in [-0.39, 0.29) is 0 Å². The summed E-state index contributed by atoms with van der Waals surface area (Å²) in [6.45, 7) is 1.63. The van der Waals surface area contributed by atoms with Gasteiger partial charge in [-0.05, 0) is 43.1 Å². The lowest BCUT2D eigenvalue weighted by Gasteiger charge is -2.27. The molecule has 2 rings (SSSR count). The molecule has 0 aliphatic rings. The van der Waals surface area contributed by atoms with E-state index in [1.54, 1.807) is 0 Å². The van der Waals surface area contributed by atoms with Gasteiger partial charge in [0.2, 0.25) is 0 Å². The fraction of sp³-hybridized carbons (Fsp3) is 0.333. The molecular formula is C18H23BrN2. The number of halogens is 1. The molecule has 112 valence electrons. The normalized spacial score (nSPS) is 12.6. The van der Waals surface area contributed by atoms with Crippen molar-refractivity contribution >= 4 is 15.9 Å². The molecular weight excluding hydrogens is 324 g/mol. The summed E-state index contributed by atoms with van der Waals surface area (Å²) in [7, 11) is 2.16. The van der Waals surface area contributed by atoms with Gasteiger partial charge in [-0.2, -0.15) is 0 Å². The summed E-state index contributed by atoms with van der Waals surface area (Å²) in [6, 6.07) is 19.5. The number of nitrogens with two attached hydrogens (primary N) is 1. The van der Waals surface area contributed by atoms with Crippen LogP contribution >= 0.6 is 15.9 Å². The fourth-order valence-electron chi connectivity index (χ4n) is 2.50. The lowest BCUT2D eigenvalue weighted by molar-refractivity contribution is 0.227. The lowest BCUT2D eigenvalue weighted by atomic mass is 10.0. The van der Waals surface area contributed by atoms with E-state index in [0.29, 0.717) is 12.6 Å². The van der Waals surface area contributed by atoms with E-state index in [1.165, 1.54) is 11.1 Å². The number of likely N-dealkylation sites (N-methyl/N-ethyl adjacent to an activating group) is 1. The highest BCUT2D eigenvalue weighted by molar-refractivity contribution is 9.10. The van der Waals surface area contributed by atoms with Crippen molar-refractivity contribution in [3.05, 3.63) is 70.2 Å². The molecule has 0 fully saturated rings. The zero-order chi connectivity index (χ0) is 15.1. The van der Waals surface area contributed by atoms with Crippen LogP contribution in [0.4, 0.5) is 0 Å². The third kappa shape index (κ3) is 5.27. The third-order valence-electron chi connectivity index (χ3n) is 3.85. The largest absolute Gasteiger partial charge is 0.329 e. The van der Waals surface area contributed by atoms with Crippen LogP contribution in [0.2, 0.25) is 0 Å². The van der Waals surface area contributed by atoms with Crippen molar-refractivity contribution < 1.29 is 0 Å². The predicted octanol–water partition coefficient (Wildman–Crippen LogP) is 3.84. The number of hydrogen-bond acceptors (Lipinski definition) is 2. The smallest absolute Gasteiger partial charge is 0.0234 e. The Morgan fingerprint density at radius 2 is 1.67 bits per heavy atom. The molecule has 2 N–H and O–H groups in total. The van der Waals surface area contributed by atoms with E-state index < -0.39 is 0 Å². The van der Waals surface area contributed by atoms with Crippen LogP contribution in [-0.4, -0.2) is 24.5 Å². The van der Waals surface area contributed by atoms with Gasteiger partial charge in [0.25, 0.3) is 0 Å². The lowest BCUT2D eigenvalue weighted by Crippen LogP contribution is -2.37. The number of hydrogen-bond donors (Lipinski definition) is 1. The molecule has 0 heterocycles. The molecule has 0 amide bonds. The first-order valence-corrected chi connectivity index (χ1v) is 8.17. The quantitative estimate of drug-likeness (QED) is 0.825. The molecule has 3 heteroatoms. The van der Waals surface area contributed by atoms with Gasteiger partial charge in [0.1, 0.15) is 0 Å². The topological polar surface area (TPSA) is 29.3 Å². The van der Waals surface area contributed by atoms with E-state index in [2.05, 4.69) is 82.5 Å². The summed E-state index contributed by atoms with van der Waals surface area (Å²) >= 11 is 3.47. The molecule has 21 heavy (non-hydrogen) atoms. The fourth-order valence-corrected chi connectivity index (χ4v) is 2.77. The van der Waals surface area contributed by atoms with E-state index in [0.717, 1.165) is 23.9 Å². The Morgan fingerprint density at radius 1 is 1.00 bits per heavy atom. The molecule has 0 aromatic heterocycles. The first-order valence-electron chi connectivity index (χ1n) is 7.37. The van der Waals surface area contributed by atoms with Gasteiger partial charge < -0.3 is 5.73 Å². The van der Waals surface area contributed by atoms with Crippen LogP contribution in [0.5, 0.6) is 0 Å². The Bertz CT molecular complexity index is 525. The van der Waals surface area contributed by atoms with Crippen LogP contribution in [0.25, 0.3) is 0 Å². The summed E-state index contributed by atoms with van der Waals surface area (Å²) in [4.78, 5) is 2.35. The molecule has 2 nitrogen and oxygen atoms in total. The van der Waals surface area contributed by atoms with Crippen molar-refractivity contribution in [2.24, 2.45) is 5.73 Å². The zero-order valence-corrected chi connectivity index (χ0v) is 14.1. The number of nitrogens with zero attached hydrogens (tertiary/aromatic N) is 1. The van der Waals surface area contributed by atoms with Gasteiger partial charge in [-0.15, -0.1) is 0 Å². The molecule has 1 unspecified atom stereocenters. The average molecular weight is 347 g/mol. The van der Waals surface area contributed by atoms with Crippen LogP contribution in [-0.2, 0) is 13.0 Å². The van der Waals surface area contributed by atoms with Crippen molar-refractivity contribution in [1.29, 1.82) is 0 Å². The van der Waals surface area contributed by atoms with Crippen molar-refractivity contribution in [2.45, 2.75) is 25.4 Å². The maximum absolute atomic E-state index is 5.97. The molecule has 0 aliphatic heterocycles. The second-order valence-corrected chi connectivity index (χ2v) is 6.37. The van der Waals surface area contributed by atoms with Crippen molar-refractivity contribution in [3.8, 4) is 0 Å². The third-order valence-corrected chi connectivity index (χ3v) is 4.38. The molecule has 0 bridgehead atoms. The monoisotopic (exact) mass is 346 g/mol. The van der Waals surface area contributed by atoms with E-state index in [1.807, 2.05) is 0 Å². The molecule has 0 spiro atoms. The highest BCUT2D eigenvalue weighted by atomic mass is 79.9. The molecule has 0 aliphatic carbocycles. The van der Waals surface area contributed by atoms with Gasteiger partial charge >= 0.3 is 0 Å². The van der Waals surface area contributed by atoms with E-state index in [9.17, 15) is 0 Å². The minimum atomic E-state index is 0.411. The van der Waals surface area contributed by atoms with Crippen molar-refractivity contribution in [3.63, 3.8) is 0 Å². The van der Waals surface area contributed by atoms with E-state index >= 15 is 0 Å². The first kappa shape index (κ1) is 16.2. The van der Waals surface area contributed by atoms with Crippen molar-refractivity contribution in [2.75, 3.05) is 13.6 Å². The minimum absolute atomic E-state index is 0.411. The van der Waals surface area contributed by atoms with Gasteiger partial charge in [-0.1, -0.05) is 58.4 Å².